The second-order valence-electron chi connectivity index (χ2n) is 8.74. The Morgan fingerprint density at radius 2 is 1.62 bits per heavy atom. The molecule has 0 aliphatic heterocycles. The number of benzene rings is 3. The summed E-state index contributed by atoms with van der Waals surface area (Å²) in [4.78, 5) is 28.8. The molecule has 4 N–H and O–H groups in total. The van der Waals surface area contributed by atoms with Gasteiger partial charge < -0.3 is 20.9 Å². The van der Waals surface area contributed by atoms with E-state index in [1.165, 1.54) is 0 Å². The molecule has 0 fully saturated rings. The number of hydrogen-bond donors (Lipinski definition) is 3. The highest BCUT2D eigenvalue weighted by atomic mass is 16.2. The van der Waals surface area contributed by atoms with Crippen LogP contribution in [0.4, 0.5) is 0 Å². The fourth-order valence-corrected chi connectivity index (χ4v) is 3.94. The van der Waals surface area contributed by atoms with Crippen LogP contribution in [-0.2, 0) is 30.8 Å². The summed E-state index contributed by atoms with van der Waals surface area (Å²) in [6.45, 7) is 1.91. The molecule has 0 spiro atoms. The topological polar surface area (TPSA) is 126 Å². The minimum absolute atomic E-state index is 0.339. The van der Waals surface area contributed by atoms with Gasteiger partial charge in [0, 0.05) is 37.8 Å². The SMILES string of the molecule is N#Cc1ccc(Cn2cncc2CNCc2ccc(C(=O)N[C@@H](Cc3ccccc3)C(N)=O)cc2)cc1. The van der Waals surface area contributed by atoms with Crippen molar-refractivity contribution >= 4 is 11.8 Å². The summed E-state index contributed by atoms with van der Waals surface area (Å²) in [6, 6.07) is 25.5. The van der Waals surface area contributed by atoms with E-state index in [2.05, 4.69) is 26.3 Å². The van der Waals surface area contributed by atoms with Gasteiger partial charge in [-0.3, -0.25) is 9.59 Å². The van der Waals surface area contributed by atoms with Gasteiger partial charge in [0.2, 0.25) is 5.91 Å². The largest absolute Gasteiger partial charge is 0.368 e. The minimum atomic E-state index is -0.787. The van der Waals surface area contributed by atoms with Gasteiger partial charge in [0.25, 0.3) is 5.91 Å². The van der Waals surface area contributed by atoms with Crippen molar-refractivity contribution in [3.05, 3.63) is 125 Å². The Morgan fingerprint density at radius 1 is 0.919 bits per heavy atom. The van der Waals surface area contributed by atoms with Crippen molar-refractivity contribution < 1.29 is 9.59 Å². The van der Waals surface area contributed by atoms with Crippen LogP contribution >= 0.6 is 0 Å². The van der Waals surface area contributed by atoms with E-state index in [1.807, 2.05) is 72.9 Å². The lowest BCUT2D eigenvalue weighted by atomic mass is 10.0. The number of hydrogen-bond acceptors (Lipinski definition) is 5. The van der Waals surface area contributed by atoms with Crippen molar-refractivity contribution in [1.82, 2.24) is 20.2 Å². The number of nitrogens with one attached hydrogen (secondary N) is 2. The predicted octanol–water partition coefficient (Wildman–Crippen LogP) is 2.92. The van der Waals surface area contributed by atoms with Crippen LogP contribution in [0.3, 0.4) is 0 Å². The molecule has 1 atom stereocenters. The third-order valence-electron chi connectivity index (χ3n) is 6.02. The first-order chi connectivity index (χ1) is 18.0. The molecular weight excluding hydrogens is 464 g/mol. The number of amides is 2. The van der Waals surface area contributed by atoms with Gasteiger partial charge in [0.05, 0.1) is 23.7 Å². The standard InChI is InChI=1S/C29H28N6O2/c30-15-22-6-8-24(9-7-22)19-35-20-33-18-26(35)17-32-16-23-10-12-25(13-11-23)29(37)34-27(28(31)36)14-21-4-2-1-3-5-21/h1-13,18,20,27,32H,14,16-17,19H2,(H2,31,36)(H,34,37)/t27-/m0/s1. The first-order valence-electron chi connectivity index (χ1n) is 11.9. The van der Waals surface area contributed by atoms with E-state index in [0.29, 0.717) is 37.2 Å². The third kappa shape index (κ3) is 7.13. The maximum absolute atomic E-state index is 12.7. The molecule has 8 nitrogen and oxygen atoms in total. The highest BCUT2D eigenvalue weighted by Crippen LogP contribution is 2.10. The first kappa shape index (κ1) is 25.4. The molecule has 1 aromatic heterocycles. The molecule has 0 aliphatic rings. The normalized spacial score (nSPS) is 11.4. The molecule has 1 heterocycles. The smallest absolute Gasteiger partial charge is 0.251 e. The van der Waals surface area contributed by atoms with E-state index in [0.717, 1.165) is 22.4 Å². The zero-order valence-corrected chi connectivity index (χ0v) is 20.3. The Morgan fingerprint density at radius 3 is 2.30 bits per heavy atom. The maximum Gasteiger partial charge on any atom is 0.251 e. The van der Waals surface area contributed by atoms with Crippen molar-refractivity contribution in [2.45, 2.75) is 32.1 Å². The van der Waals surface area contributed by atoms with Crippen LogP contribution in [0.15, 0.2) is 91.4 Å². The van der Waals surface area contributed by atoms with Crippen molar-refractivity contribution in [2.24, 2.45) is 5.73 Å². The average Bonchev–Trinajstić information content (AvgIpc) is 3.36. The number of rotatable bonds is 11. The van der Waals surface area contributed by atoms with Crippen LogP contribution in [0.5, 0.6) is 0 Å². The molecule has 37 heavy (non-hydrogen) atoms. The number of carbonyl (C=O) groups excluding carboxylic acids is 2. The monoisotopic (exact) mass is 492 g/mol. The highest BCUT2D eigenvalue weighted by Gasteiger charge is 2.19. The van der Waals surface area contributed by atoms with E-state index in [4.69, 9.17) is 11.0 Å². The lowest BCUT2D eigenvalue weighted by Crippen LogP contribution is -2.45. The molecule has 4 rings (SSSR count). The van der Waals surface area contributed by atoms with Gasteiger partial charge in [-0.05, 0) is 41.0 Å². The number of nitrogens with zero attached hydrogens (tertiary/aromatic N) is 3. The van der Waals surface area contributed by atoms with E-state index >= 15 is 0 Å². The molecule has 3 aromatic carbocycles. The van der Waals surface area contributed by atoms with Crippen LogP contribution in [0.25, 0.3) is 0 Å². The summed E-state index contributed by atoms with van der Waals surface area (Å²) in [7, 11) is 0. The Labute approximate surface area is 215 Å². The molecule has 0 bridgehead atoms. The van der Waals surface area contributed by atoms with Crippen LogP contribution < -0.4 is 16.4 Å². The molecule has 0 radical (unpaired) electrons. The van der Waals surface area contributed by atoms with E-state index in [9.17, 15) is 9.59 Å². The number of primary amides is 1. The summed E-state index contributed by atoms with van der Waals surface area (Å²) < 4.78 is 2.06. The molecule has 2 amide bonds. The Balaban J connectivity index is 1.28. The van der Waals surface area contributed by atoms with Gasteiger partial charge in [-0.15, -0.1) is 0 Å². The molecule has 8 heteroatoms. The van der Waals surface area contributed by atoms with Crippen LogP contribution in [0, 0.1) is 11.3 Å². The Hall–Kier alpha value is -4.74. The number of carbonyl (C=O) groups is 2. The molecular formula is C29H28N6O2. The molecule has 186 valence electrons. The summed E-state index contributed by atoms with van der Waals surface area (Å²) in [6.07, 6.45) is 3.96. The molecule has 0 saturated carbocycles. The summed E-state index contributed by atoms with van der Waals surface area (Å²) in [5.74, 6) is -0.914. The van der Waals surface area contributed by atoms with Crippen molar-refractivity contribution in [1.29, 1.82) is 5.26 Å². The highest BCUT2D eigenvalue weighted by molar-refractivity contribution is 5.97. The average molecular weight is 493 g/mol. The zero-order valence-electron chi connectivity index (χ0n) is 20.3. The van der Waals surface area contributed by atoms with Gasteiger partial charge in [0.1, 0.15) is 6.04 Å². The lowest BCUT2D eigenvalue weighted by Gasteiger charge is -2.16. The first-order valence-corrected chi connectivity index (χ1v) is 11.9. The third-order valence-corrected chi connectivity index (χ3v) is 6.02. The van der Waals surface area contributed by atoms with Crippen molar-refractivity contribution in [3.8, 4) is 6.07 Å². The Kier molecular flexibility index (Phi) is 8.42. The van der Waals surface area contributed by atoms with Crippen molar-refractivity contribution in [3.63, 3.8) is 0 Å². The summed E-state index contributed by atoms with van der Waals surface area (Å²) in [5, 5.41) is 15.1. The van der Waals surface area contributed by atoms with E-state index in [1.54, 1.807) is 18.5 Å². The van der Waals surface area contributed by atoms with Crippen LogP contribution in [0.2, 0.25) is 0 Å². The zero-order chi connectivity index (χ0) is 26.0. The number of aromatic nitrogens is 2. The van der Waals surface area contributed by atoms with Gasteiger partial charge in [-0.25, -0.2) is 4.98 Å². The number of nitrogens with two attached hydrogens (primary N) is 1. The second kappa shape index (κ2) is 12.3. The van der Waals surface area contributed by atoms with E-state index < -0.39 is 11.9 Å². The van der Waals surface area contributed by atoms with Crippen molar-refractivity contribution in [2.75, 3.05) is 0 Å². The Bertz CT molecular complexity index is 1370. The fraction of sp³-hybridized carbons (Fsp3) is 0.172. The number of nitriles is 1. The second-order valence-corrected chi connectivity index (χ2v) is 8.74. The quantitative estimate of drug-likeness (QED) is 0.297. The van der Waals surface area contributed by atoms with E-state index in [-0.39, 0.29) is 5.91 Å². The molecule has 0 unspecified atom stereocenters. The predicted molar refractivity (Wildman–Crippen MR) is 140 cm³/mol. The summed E-state index contributed by atoms with van der Waals surface area (Å²) in [5.41, 5.74) is 10.7. The van der Waals surface area contributed by atoms with Gasteiger partial charge in [-0.1, -0.05) is 54.6 Å². The fourth-order valence-electron chi connectivity index (χ4n) is 3.94. The minimum Gasteiger partial charge on any atom is -0.368 e. The maximum atomic E-state index is 12.7. The summed E-state index contributed by atoms with van der Waals surface area (Å²) >= 11 is 0. The van der Waals surface area contributed by atoms with Gasteiger partial charge in [0.15, 0.2) is 0 Å². The molecule has 0 saturated heterocycles. The lowest BCUT2D eigenvalue weighted by molar-refractivity contribution is -0.119. The number of imidazole rings is 1. The van der Waals surface area contributed by atoms with Crippen LogP contribution in [0.1, 0.15) is 38.3 Å². The molecule has 4 aromatic rings. The van der Waals surface area contributed by atoms with Gasteiger partial charge in [-0.2, -0.15) is 5.26 Å². The molecule has 0 aliphatic carbocycles. The van der Waals surface area contributed by atoms with Crippen LogP contribution in [-0.4, -0.2) is 27.4 Å². The van der Waals surface area contributed by atoms with Gasteiger partial charge >= 0.3 is 0 Å².